The Morgan fingerprint density at radius 2 is 1.32 bits per heavy atom. The van der Waals surface area contributed by atoms with Crippen LogP contribution in [0.15, 0.2) is 60.7 Å². The molecule has 4 heterocycles. The van der Waals surface area contributed by atoms with E-state index in [0.717, 1.165) is 0 Å². The molecule has 16 heteroatoms. The van der Waals surface area contributed by atoms with E-state index >= 15 is 0 Å². The average molecular weight is 956 g/mol. The summed E-state index contributed by atoms with van der Waals surface area (Å²) in [4.78, 5) is 44.0. The summed E-state index contributed by atoms with van der Waals surface area (Å²) in [6.07, 6.45) is -9.00. The lowest BCUT2D eigenvalue weighted by Gasteiger charge is -2.50. The molecule has 2 aromatic carbocycles. The van der Waals surface area contributed by atoms with Gasteiger partial charge >= 0.3 is 17.9 Å². The van der Waals surface area contributed by atoms with Crippen molar-refractivity contribution in [1.82, 2.24) is 4.90 Å². The Kier molecular flexibility index (Phi) is 17.6. The number of likely N-dealkylation sites (N-methyl/N-ethyl adjacent to an activating group) is 1. The fourth-order valence-corrected chi connectivity index (χ4v) is 10.9. The van der Waals surface area contributed by atoms with Crippen LogP contribution in [0.5, 0.6) is 0 Å². The number of epoxide rings is 1. The molecule has 16 nitrogen and oxygen atoms in total. The van der Waals surface area contributed by atoms with Crippen molar-refractivity contribution >= 4 is 17.9 Å². The van der Waals surface area contributed by atoms with Crippen LogP contribution < -0.4 is 0 Å². The minimum atomic E-state index is -1.26. The lowest BCUT2D eigenvalue weighted by atomic mass is 9.73. The summed E-state index contributed by atoms with van der Waals surface area (Å²) in [7, 11) is 6.92. The van der Waals surface area contributed by atoms with Gasteiger partial charge in [-0.15, -0.1) is 0 Å². The number of nitrogens with zero attached hydrogens (tertiary/aromatic N) is 1. The van der Waals surface area contributed by atoms with Crippen molar-refractivity contribution < 1.29 is 72.0 Å². The van der Waals surface area contributed by atoms with E-state index < -0.39 is 120 Å². The number of esters is 3. The second kappa shape index (κ2) is 22.3. The van der Waals surface area contributed by atoms with Crippen molar-refractivity contribution in [2.45, 2.75) is 178 Å². The largest absolute Gasteiger partial charge is 0.459 e. The van der Waals surface area contributed by atoms with Gasteiger partial charge in [0.2, 0.25) is 0 Å². The molecule has 2 N–H and O–H groups in total. The smallest absolute Gasteiger partial charge is 0.338 e. The SMILES string of the molecule is CC[C@H]1OC(=O)[C@H](C)[C@@H](OC2C[C@@](C)(OC)[C@@H](OC(=O)c3ccccc3)[C@H](C)O2)[C@H](C)[C@@H](OC2O[C@H](C)C[C@H](N(C)C)[C@H]2OC(=O)c2ccccc2)[C@](C)(OC)C[C@@H](C)[C@H](O)[C@H](C)[C@@H](O)[C@@]12CO2. The summed E-state index contributed by atoms with van der Waals surface area (Å²) >= 11 is 0. The van der Waals surface area contributed by atoms with E-state index in [1.165, 1.54) is 7.11 Å². The van der Waals surface area contributed by atoms with Crippen LogP contribution in [0.1, 0.15) is 109 Å². The molecular formula is C52H77NO15. The molecule has 4 fully saturated rings. The molecule has 19 atom stereocenters. The number of carbonyl (C=O) groups is 3. The molecule has 0 amide bonds. The number of aliphatic hydroxyl groups excluding tert-OH is 2. The Morgan fingerprint density at radius 1 is 0.765 bits per heavy atom. The molecule has 2 aromatic rings. The Balaban J connectivity index is 1.43. The molecule has 6 rings (SSSR count). The number of rotatable bonds is 12. The van der Waals surface area contributed by atoms with Gasteiger partial charge in [0.25, 0.3) is 0 Å². The summed E-state index contributed by atoms with van der Waals surface area (Å²) < 4.78 is 64.8. The summed E-state index contributed by atoms with van der Waals surface area (Å²) in [5.41, 5.74) is -2.85. The van der Waals surface area contributed by atoms with Crippen molar-refractivity contribution in [3.63, 3.8) is 0 Å². The fraction of sp³-hybridized carbons (Fsp3) is 0.712. The maximum absolute atomic E-state index is 14.8. The molecule has 4 aliphatic rings. The van der Waals surface area contributed by atoms with E-state index in [2.05, 4.69) is 0 Å². The van der Waals surface area contributed by atoms with E-state index in [1.54, 1.807) is 76.4 Å². The highest BCUT2D eigenvalue weighted by Gasteiger charge is 2.62. The lowest BCUT2D eigenvalue weighted by Crippen LogP contribution is -2.62. The fourth-order valence-electron chi connectivity index (χ4n) is 10.9. The zero-order chi connectivity index (χ0) is 49.9. The van der Waals surface area contributed by atoms with Gasteiger partial charge in [0.05, 0.1) is 71.9 Å². The standard InChI is InChI=1S/C52H77NO15/c1-14-38-52(28-61-52)43(55)31(4)40(54)29(2)26-50(8,59-12)44(68-49-42(37(53(10)11)25-30(3)62-49)66-47(57)35-21-17-15-18-22-35)32(5)41(33(6)46(56)64-38)65-39-27-51(9,60-13)45(34(7)63-39)67-48(58)36-23-19-16-20-24-36/h15-24,29-34,37-45,49,54-55H,14,25-28H2,1-13H3/t29-,30-,31+,32+,33-,34+,37+,38-,39?,40+,41+,42-,43-,44-,45+,49?,50-,51-,52-/m1/s1. The minimum absolute atomic E-state index is 0.0890. The molecular weight excluding hydrogens is 879 g/mol. The van der Waals surface area contributed by atoms with Gasteiger partial charge in [-0.2, -0.15) is 0 Å². The summed E-state index contributed by atoms with van der Waals surface area (Å²) in [6, 6.07) is 17.1. The van der Waals surface area contributed by atoms with Gasteiger partial charge in [0.1, 0.15) is 11.7 Å². The summed E-state index contributed by atoms with van der Waals surface area (Å²) in [5, 5.41) is 24.0. The first kappa shape index (κ1) is 53.8. The molecule has 4 saturated heterocycles. The van der Waals surface area contributed by atoms with Crippen LogP contribution in [-0.4, -0.2) is 158 Å². The zero-order valence-corrected chi connectivity index (χ0v) is 42.2. The third-order valence-corrected chi connectivity index (χ3v) is 15.2. The van der Waals surface area contributed by atoms with E-state index in [0.29, 0.717) is 24.0 Å². The molecule has 380 valence electrons. The van der Waals surface area contributed by atoms with Gasteiger partial charge in [-0.05, 0) is 98.2 Å². The Morgan fingerprint density at radius 3 is 1.85 bits per heavy atom. The molecule has 68 heavy (non-hydrogen) atoms. The maximum atomic E-state index is 14.8. The number of ether oxygens (including phenoxy) is 10. The predicted octanol–water partition coefficient (Wildman–Crippen LogP) is 5.98. The quantitative estimate of drug-likeness (QED) is 0.143. The van der Waals surface area contributed by atoms with Crippen molar-refractivity contribution in [3.8, 4) is 0 Å². The molecule has 0 aromatic heterocycles. The topological polar surface area (TPSA) is 191 Å². The van der Waals surface area contributed by atoms with Crippen molar-refractivity contribution in [3.05, 3.63) is 71.8 Å². The van der Waals surface area contributed by atoms with Gasteiger partial charge in [0, 0.05) is 32.5 Å². The van der Waals surface area contributed by atoms with Crippen LogP contribution in [0.25, 0.3) is 0 Å². The van der Waals surface area contributed by atoms with E-state index in [1.807, 2.05) is 72.7 Å². The highest BCUT2D eigenvalue weighted by molar-refractivity contribution is 5.90. The molecule has 0 aliphatic carbocycles. The molecule has 0 saturated carbocycles. The van der Waals surface area contributed by atoms with Gasteiger partial charge < -0.3 is 62.5 Å². The van der Waals surface area contributed by atoms with E-state index in [9.17, 15) is 24.6 Å². The third kappa shape index (κ3) is 11.5. The Hall–Kier alpha value is -3.55. The van der Waals surface area contributed by atoms with Crippen molar-refractivity contribution in [1.29, 1.82) is 0 Å². The first-order valence-corrected chi connectivity index (χ1v) is 24.2. The van der Waals surface area contributed by atoms with Gasteiger partial charge in [-0.25, -0.2) is 9.59 Å². The number of hydrogen-bond donors (Lipinski definition) is 2. The number of methoxy groups -OCH3 is 2. The van der Waals surface area contributed by atoms with Crippen LogP contribution in [0.3, 0.4) is 0 Å². The first-order chi connectivity index (χ1) is 32.1. The highest BCUT2D eigenvalue weighted by atomic mass is 16.7. The number of cyclic esters (lactones) is 1. The average Bonchev–Trinajstić information content (AvgIpc) is 4.14. The third-order valence-electron chi connectivity index (χ3n) is 15.2. The number of benzene rings is 2. The number of carbonyl (C=O) groups excluding carboxylic acids is 3. The molecule has 0 bridgehead atoms. The van der Waals surface area contributed by atoms with Crippen LogP contribution >= 0.6 is 0 Å². The maximum Gasteiger partial charge on any atom is 0.338 e. The summed E-state index contributed by atoms with van der Waals surface area (Å²) in [5.74, 6) is -4.65. The Labute approximate surface area is 402 Å². The zero-order valence-electron chi connectivity index (χ0n) is 42.2. The second-order valence-electron chi connectivity index (χ2n) is 20.4. The van der Waals surface area contributed by atoms with Crippen LogP contribution in [0.4, 0.5) is 0 Å². The first-order valence-electron chi connectivity index (χ1n) is 24.2. The van der Waals surface area contributed by atoms with Crippen molar-refractivity contribution in [2.75, 3.05) is 34.9 Å². The predicted molar refractivity (Wildman–Crippen MR) is 249 cm³/mol. The van der Waals surface area contributed by atoms with Gasteiger partial charge in [-0.3, -0.25) is 4.79 Å². The van der Waals surface area contributed by atoms with Gasteiger partial charge in [-0.1, -0.05) is 64.1 Å². The molecule has 1 spiro atoms. The van der Waals surface area contributed by atoms with Gasteiger partial charge in [0.15, 0.2) is 30.4 Å². The lowest BCUT2D eigenvalue weighted by molar-refractivity contribution is -0.319. The molecule has 0 radical (unpaired) electrons. The van der Waals surface area contributed by atoms with Crippen LogP contribution in [0, 0.1) is 23.7 Å². The molecule has 4 aliphatic heterocycles. The number of aliphatic hydroxyl groups is 2. The highest BCUT2D eigenvalue weighted by Crippen LogP contribution is 2.46. The minimum Gasteiger partial charge on any atom is -0.459 e. The Bertz CT molecular complexity index is 1970. The van der Waals surface area contributed by atoms with Crippen LogP contribution in [-0.2, 0) is 52.2 Å². The summed E-state index contributed by atoms with van der Waals surface area (Å²) in [6.45, 7) is 16.7. The monoisotopic (exact) mass is 956 g/mol. The van der Waals surface area contributed by atoms with Crippen LogP contribution in [0.2, 0.25) is 0 Å². The van der Waals surface area contributed by atoms with Crippen molar-refractivity contribution in [2.24, 2.45) is 23.7 Å². The van der Waals surface area contributed by atoms with E-state index in [-0.39, 0.29) is 31.6 Å². The molecule has 2 unspecified atom stereocenters. The normalized spacial score (nSPS) is 41.6. The second-order valence-corrected chi connectivity index (χ2v) is 20.4. The van der Waals surface area contributed by atoms with E-state index in [4.69, 9.17) is 47.4 Å². The number of hydrogen-bond acceptors (Lipinski definition) is 16.